The van der Waals surface area contributed by atoms with Crippen molar-refractivity contribution in [1.82, 2.24) is 29.7 Å². The fourth-order valence-electron chi connectivity index (χ4n) is 8.93. The van der Waals surface area contributed by atoms with Gasteiger partial charge in [-0.05, 0) is 50.1 Å². The third-order valence-electron chi connectivity index (χ3n) is 12.0. The van der Waals surface area contributed by atoms with E-state index in [1.807, 2.05) is 16.8 Å². The second-order valence-corrected chi connectivity index (χ2v) is 15.4. The molecule has 4 atom stereocenters. The summed E-state index contributed by atoms with van der Waals surface area (Å²) in [4.78, 5) is 35.7. The first-order valence-electron chi connectivity index (χ1n) is 18.6. The smallest absolute Gasteiger partial charge is 0.319 e. The lowest BCUT2D eigenvalue weighted by Crippen LogP contribution is -2.49. The van der Waals surface area contributed by atoms with E-state index in [0.29, 0.717) is 79.1 Å². The number of fused-ring (bicyclic) bond motifs is 3. The molecule has 14 heteroatoms. The Morgan fingerprint density at radius 3 is 2.79 bits per heavy atom. The second-order valence-electron chi connectivity index (χ2n) is 15.0. The van der Waals surface area contributed by atoms with E-state index < -0.39 is 23.3 Å². The summed E-state index contributed by atoms with van der Waals surface area (Å²) in [5, 5.41) is 1.24. The summed E-state index contributed by atoms with van der Waals surface area (Å²) in [5.74, 6) is -0.792. The van der Waals surface area contributed by atoms with Crippen molar-refractivity contribution < 1.29 is 27.4 Å². The lowest BCUT2D eigenvalue weighted by atomic mass is 9.95. The highest BCUT2D eigenvalue weighted by atomic mass is 35.5. The number of ether oxygens (including phenoxy) is 2. The Morgan fingerprint density at radius 1 is 1.11 bits per heavy atom. The fraction of sp³-hybridized carbons (Fsp3) is 0.538. The number of amides is 1. The van der Waals surface area contributed by atoms with Crippen LogP contribution in [0.4, 0.5) is 19.0 Å². The van der Waals surface area contributed by atoms with Crippen LogP contribution in [0, 0.1) is 11.6 Å². The Balaban J connectivity index is 1.09. The molecule has 1 amide bonds. The zero-order chi connectivity index (χ0) is 36.9. The average molecular weight is 752 g/mol. The number of rotatable bonds is 12. The molecule has 4 aliphatic heterocycles. The Labute approximate surface area is 312 Å². The standard InChI is InChI=1S/C39H45ClF3N7O3/c1-47(27-12-16-49(22-27)31(51)10-8-26-11-15-48(26)17-18-52-2)37-29-20-44-35(28-6-3-5-24-7-9-30(42)33(40)32(24)28)34(43)36(29)45-38(46-37)53-23-39-13-4-14-50(39)21-25(41)19-39/h3,5-7,9,20,25-27H,4,8,10-19,21-23H2,1-2H3/t25-,26+,27-,39+/m1/s1. The molecule has 10 nitrogen and oxygen atoms in total. The van der Waals surface area contributed by atoms with Crippen LogP contribution < -0.4 is 9.64 Å². The van der Waals surface area contributed by atoms with Gasteiger partial charge < -0.3 is 19.3 Å². The number of carbonyl (C=O) groups excluding carboxylic acids is 1. The number of hydrogen-bond donors (Lipinski definition) is 0. The molecule has 4 fully saturated rings. The SMILES string of the molecule is COCCN1CC[C@@H]1CCC(=O)N1CC[C@@H](N(C)c2nc(OC[C@@]34CCCN3C[C@H](F)C4)nc3c(F)c(-c4cccc5ccc(F)c(Cl)c45)ncc23)C1. The summed E-state index contributed by atoms with van der Waals surface area (Å²) in [5.41, 5.74) is -0.166. The molecule has 282 valence electrons. The topological polar surface area (TPSA) is 87.2 Å². The number of methoxy groups -OCH3 is 1. The molecule has 0 N–H and O–H groups in total. The number of likely N-dealkylation sites (tertiary alicyclic amines) is 2. The molecule has 4 saturated heterocycles. The van der Waals surface area contributed by atoms with Crippen LogP contribution in [0.5, 0.6) is 6.01 Å². The maximum absolute atomic E-state index is 16.9. The number of nitrogens with zero attached hydrogens (tertiary/aromatic N) is 7. The minimum atomic E-state index is -0.933. The number of anilines is 1. The lowest BCUT2D eigenvalue weighted by molar-refractivity contribution is -0.130. The molecule has 0 aliphatic carbocycles. The van der Waals surface area contributed by atoms with Gasteiger partial charge >= 0.3 is 6.01 Å². The maximum atomic E-state index is 16.9. The molecule has 0 unspecified atom stereocenters. The average Bonchev–Trinajstić information content (AvgIpc) is 3.87. The van der Waals surface area contributed by atoms with Gasteiger partial charge in [0.2, 0.25) is 5.91 Å². The largest absolute Gasteiger partial charge is 0.461 e. The Kier molecular flexibility index (Phi) is 10.1. The molecule has 8 rings (SSSR count). The number of carbonyl (C=O) groups is 1. The molecule has 2 aromatic heterocycles. The third kappa shape index (κ3) is 6.78. The molecular formula is C39H45ClF3N7O3. The van der Waals surface area contributed by atoms with Gasteiger partial charge in [0.05, 0.1) is 22.6 Å². The summed E-state index contributed by atoms with van der Waals surface area (Å²) in [6.07, 6.45) is 5.82. The first-order chi connectivity index (χ1) is 25.7. The monoisotopic (exact) mass is 751 g/mol. The maximum Gasteiger partial charge on any atom is 0.319 e. The van der Waals surface area contributed by atoms with Gasteiger partial charge in [0, 0.05) is 89.0 Å². The number of alkyl halides is 1. The van der Waals surface area contributed by atoms with Crippen molar-refractivity contribution in [1.29, 1.82) is 0 Å². The predicted octanol–water partition coefficient (Wildman–Crippen LogP) is 6.27. The van der Waals surface area contributed by atoms with E-state index in [-0.39, 0.29) is 40.8 Å². The summed E-state index contributed by atoms with van der Waals surface area (Å²) in [6.45, 7) is 5.06. The van der Waals surface area contributed by atoms with E-state index in [4.69, 9.17) is 26.1 Å². The van der Waals surface area contributed by atoms with Gasteiger partial charge in [0.1, 0.15) is 35.6 Å². The highest BCUT2D eigenvalue weighted by Crippen LogP contribution is 2.42. The number of aromatic nitrogens is 3. The lowest BCUT2D eigenvalue weighted by Gasteiger charge is -2.41. The van der Waals surface area contributed by atoms with Crippen molar-refractivity contribution in [2.24, 2.45) is 0 Å². The summed E-state index contributed by atoms with van der Waals surface area (Å²) in [7, 11) is 3.59. The Bertz CT molecular complexity index is 2020. The van der Waals surface area contributed by atoms with Crippen molar-refractivity contribution in [3.8, 4) is 17.3 Å². The fourth-order valence-corrected chi connectivity index (χ4v) is 9.20. The van der Waals surface area contributed by atoms with E-state index in [2.05, 4.69) is 19.8 Å². The van der Waals surface area contributed by atoms with E-state index in [0.717, 1.165) is 45.3 Å². The van der Waals surface area contributed by atoms with Crippen LogP contribution in [0.25, 0.3) is 32.9 Å². The van der Waals surface area contributed by atoms with Crippen molar-refractivity contribution in [2.45, 2.75) is 68.7 Å². The molecule has 2 aromatic carbocycles. The van der Waals surface area contributed by atoms with Crippen LogP contribution >= 0.6 is 11.6 Å². The first-order valence-corrected chi connectivity index (χ1v) is 19.0. The number of likely N-dealkylation sites (N-methyl/N-ethyl adjacent to an activating group) is 1. The first kappa shape index (κ1) is 36.2. The van der Waals surface area contributed by atoms with Gasteiger partial charge in [-0.3, -0.25) is 19.6 Å². The van der Waals surface area contributed by atoms with Crippen molar-refractivity contribution in [3.63, 3.8) is 0 Å². The van der Waals surface area contributed by atoms with Gasteiger partial charge in [-0.2, -0.15) is 9.97 Å². The summed E-state index contributed by atoms with van der Waals surface area (Å²) >= 11 is 6.43. The van der Waals surface area contributed by atoms with Crippen LogP contribution in [0.2, 0.25) is 5.02 Å². The minimum Gasteiger partial charge on any atom is -0.461 e. The number of benzene rings is 2. The summed E-state index contributed by atoms with van der Waals surface area (Å²) in [6, 6.07) is 8.35. The van der Waals surface area contributed by atoms with Gasteiger partial charge in [-0.15, -0.1) is 0 Å². The predicted molar refractivity (Wildman–Crippen MR) is 198 cm³/mol. The third-order valence-corrected chi connectivity index (χ3v) is 12.4. The highest BCUT2D eigenvalue weighted by Gasteiger charge is 2.49. The van der Waals surface area contributed by atoms with Gasteiger partial charge in [0.25, 0.3) is 0 Å². The Morgan fingerprint density at radius 2 is 1.98 bits per heavy atom. The van der Waals surface area contributed by atoms with Gasteiger partial charge in [0.15, 0.2) is 5.82 Å². The van der Waals surface area contributed by atoms with Crippen LogP contribution in [-0.2, 0) is 9.53 Å². The molecule has 0 bridgehead atoms. The van der Waals surface area contributed by atoms with Gasteiger partial charge in [-0.25, -0.2) is 13.2 Å². The minimum absolute atomic E-state index is 0.00796. The van der Waals surface area contributed by atoms with Crippen LogP contribution in [-0.4, -0.2) is 126 Å². The van der Waals surface area contributed by atoms with E-state index in [1.165, 1.54) is 12.3 Å². The van der Waals surface area contributed by atoms with E-state index >= 15 is 4.39 Å². The van der Waals surface area contributed by atoms with Crippen molar-refractivity contribution in [3.05, 3.63) is 53.2 Å². The zero-order valence-corrected chi connectivity index (χ0v) is 30.9. The molecule has 4 aromatic rings. The van der Waals surface area contributed by atoms with Crippen LogP contribution in [0.15, 0.2) is 36.5 Å². The summed E-state index contributed by atoms with van der Waals surface area (Å²) < 4.78 is 57.6. The molecule has 4 aliphatic rings. The quantitative estimate of drug-likeness (QED) is 0.166. The van der Waals surface area contributed by atoms with Gasteiger partial charge in [-0.1, -0.05) is 35.9 Å². The number of pyridine rings is 1. The number of halogens is 4. The van der Waals surface area contributed by atoms with E-state index in [1.54, 1.807) is 31.4 Å². The van der Waals surface area contributed by atoms with E-state index in [9.17, 15) is 13.6 Å². The molecular weight excluding hydrogens is 707 g/mol. The Hall–Kier alpha value is -3.78. The number of hydrogen-bond acceptors (Lipinski definition) is 9. The molecule has 6 heterocycles. The zero-order valence-electron chi connectivity index (χ0n) is 30.2. The molecule has 53 heavy (non-hydrogen) atoms. The van der Waals surface area contributed by atoms with Crippen LogP contribution in [0.1, 0.15) is 44.9 Å². The normalized spacial score (nSPS) is 24.6. The molecule has 0 saturated carbocycles. The van der Waals surface area contributed by atoms with Crippen molar-refractivity contribution in [2.75, 3.05) is 71.5 Å². The van der Waals surface area contributed by atoms with Crippen molar-refractivity contribution >= 4 is 45.0 Å². The van der Waals surface area contributed by atoms with Crippen LogP contribution in [0.3, 0.4) is 0 Å². The molecule has 0 spiro atoms. The highest BCUT2D eigenvalue weighted by molar-refractivity contribution is 6.36. The molecule has 0 radical (unpaired) electrons. The second kappa shape index (κ2) is 14.8.